The van der Waals surface area contributed by atoms with E-state index in [0.29, 0.717) is 6.42 Å². The molecule has 0 heterocycles. The lowest BCUT2D eigenvalue weighted by Crippen LogP contribution is -2.33. The second kappa shape index (κ2) is 7.27. The van der Waals surface area contributed by atoms with Crippen molar-refractivity contribution in [3.05, 3.63) is 32.7 Å². The van der Waals surface area contributed by atoms with Gasteiger partial charge in [-0.1, -0.05) is 31.9 Å². The summed E-state index contributed by atoms with van der Waals surface area (Å²) in [5, 5.41) is 0. The van der Waals surface area contributed by atoms with E-state index in [9.17, 15) is 4.79 Å². The molecule has 90 valence electrons. The van der Waals surface area contributed by atoms with E-state index in [1.54, 1.807) is 0 Å². The minimum absolute atomic E-state index is 0. The van der Waals surface area contributed by atoms with Crippen LogP contribution in [0.25, 0.3) is 0 Å². The Labute approximate surface area is 117 Å². The summed E-state index contributed by atoms with van der Waals surface area (Å²) in [6.07, 6.45) is 0.463. The molecule has 0 bridgehead atoms. The number of benzene rings is 1. The Balaban J connectivity index is 0.00000225. The highest BCUT2D eigenvalue weighted by molar-refractivity contribution is 9.11. The Morgan fingerprint density at radius 2 is 1.88 bits per heavy atom. The quantitative estimate of drug-likeness (QED) is 0.829. The Morgan fingerprint density at radius 3 is 2.31 bits per heavy atom. The molecule has 1 aromatic rings. The van der Waals surface area contributed by atoms with Crippen molar-refractivity contribution in [2.75, 3.05) is 7.11 Å². The first-order chi connectivity index (χ1) is 7.02. The highest BCUT2D eigenvalue weighted by Crippen LogP contribution is 2.20. The summed E-state index contributed by atoms with van der Waals surface area (Å²) in [4.78, 5) is 11.1. The predicted molar refractivity (Wildman–Crippen MR) is 72.8 cm³/mol. The summed E-state index contributed by atoms with van der Waals surface area (Å²) in [6, 6.07) is 5.16. The molecule has 0 aliphatic rings. The van der Waals surface area contributed by atoms with Crippen molar-refractivity contribution >= 4 is 50.2 Å². The van der Waals surface area contributed by atoms with Crippen molar-refractivity contribution in [2.45, 2.75) is 12.5 Å². The summed E-state index contributed by atoms with van der Waals surface area (Å²) in [5.41, 5.74) is 6.64. The smallest absolute Gasteiger partial charge is 0.322 e. The fourth-order valence-corrected chi connectivity index (χ4v) is 2.61. The third-order valence-corrected chi connectivity index (χ3v) is 2.80. The van der Waals surface area contributed by atoms with Crippen LogP contribution in [0.15, 0.2) is 27.1 Å². The first-order valence-electron chi connectivity index (χ1n) is 4.31. The lowest BCUT2D eigenvalue weighted by atomic mass is 10.1. The van der Waals surface area contributed by atoms with E-state index in [2.05, 4.69) is 36.6 Å². The topological polar surface area (TPSA) is 52.3 Å². The van der Waals surface area contributed by atoms with Gasteiger partial charge < -0.3 is 10.5 Å². The lowest BCUT2D eigenvalue weighted by molar-refractivity contribution is -0.142. The largest absolute Gasteiger partial charge is 0.468 e. The van der Waals surface area contributed by atoms with Crippen molar-refractivity contribution in [1.82, 2.24) is 0 Å². The summed E-state index contributed by atoms with van der Waals surface area (Å²) >= 11 is 6.74. The van der Waals surface area contributed by atoms with Gasteiger partial charge in [0.05, 0.1) is 7.11 Å². The third kappa shape index (κ3) is 4.82. The molecule has 0 fully saturated rings. The number of esters is 1. The summed E-state index contributed by atoms with van der Waals surface area (Å²) < 4.78 is 6.45. The van der Waals surface area contributed by atoms with Crippen molar-refractivity contribution in [2.24, 2.45) is 5.73 Å². The molecule has 0 aromatic heterocycles. The Morgan fingerprint density at radius 1 is 1.38 bits per heavy atom. The Hall–Kier alpha value is -0.100. The molecule has 0 amide bonds. The molecule has 0 aliphatic carbocycles. The molecule has 16 heavy (non-hydrogen) atoms. The number of halogens is 3. The third-order valence-electron chi connectivity index (χ3n) is 1.88. The predicted octanol–water partition coefficient (Wildman–Crippen LogP) is 2.68. The maximum Gasteiger partial charge on any atom is 0.322 e. The SMILES string of the molecule is COC(=O)[C@@H](N)Cc1cc(Br)cc(Br)c1.Cl. The van der Waals surface area contributed by atoms with Gasteiger partial charge in [0.25, 0.3) is 0 Å². The number of carbonyl (C=O) groups is 1. The van der Waals surface area contributed by atoms with E-state index in [1.807, 2.05) is 18.2 Å². The number of rotatable bonds is 3. The molecule has 1 atom stereocenters. The Kier molecular flexibility index (Phi) is 7.22. The van der Waals surface area contributed by atoms with Gasteiger partial charge in [-0.05, 0) is 30.2 Å². The zero-order valence-corrected chi connectivity index (χ0v) is 12.6. The van der Waals surface area contributed by atoms with E-state index in [4.69, 9.17) is 5.73 Å². The molecule has 0 aliphatic heterocycles. The molecular weight excluding hydrogens is 361 g/mol. The van der Waals surface area contributed by atoms with E-state index < -0.39 is 12.0 Å². The van der Waals surface area contributed by atoms with E-state index >= 15 is 0 Å². The molecular formula is C10H12Br2ClNO2. The molecule has 0 unspecified atom stereocenters. The van der Waals surface area contributed by atoms with Gasteiger partial charge in [0.15, 0.2) is 0 Å². The summed E-state index contributed by atoms with van der Waals surface area (Å²) in [7, 11) is 1.33. The standard InChI is InChI=1S/C10H11Br2NO2.ClH/c1-15-10(14)9(13)4-6-2-7(11)5-8(12)3-6;/h2-3,5,9H,4,13H2,1H3;1H/t9-;/m0./s1. The molecule has 1 rings (SSSR count). The van der Waals surface area contributed by atoms with Crippen molar-refractivity contribution in [1.29, 1.82) is 0 Å². The average Bonchev–Trinajstić information content (AvgIpc) is 2.14. The molecule has 0 spiro atoms. The van der Waals surface area contributed by atoms with Crippen molar-refractivity contribution in [3.8, 4) is 0 Å². The molecule has 0 saturated heterocycles. The Bertz CT molecular complexity index is 354. The van der Waals surface area contributed by atoms with Crippen LogP contribution in [0, 0.1) is 0 Å². The monoisotopic (exact) mass is 371 g/mol. The van der Waals surface area contributed by atoms with Crippen LogP contribution >= 0.6 is 44.3 Å². The van der Waals surface area contributed by atoms with Gasteiger partial charge in [-0.25, -0.2) is 0 Å². The number of carbonyl (C=O) groups excluding carboxylic acids is 1. The van der Waals surface area contributed by atoms with Crippen LogP contribution in [0.4, 0.5) is 0 Å². The van der Waals surface area contributed by atoms with Crippen LogP contribution < -0.4 is 5.73 Å². The van der Waals surface area contributed by atoms with E-state index in [-0.39, 0.29) is 12.4 Å². The van der Waals surface area contributed by atoms with Crippen LogP contribution in [0.5, 0.6) is 0 Å². The minimum atomic E-state index is -0.615. The minimum Gasteiger partial charge on any atom is -0.468 e. The molecule has 6 heteroatoms. The molecule has 1 aromatic carbocycles. The summed E-state index contributed by atoms with van der Waals surface area (Å²) in [5.74, 6) is -0.397. The van der Waals surface area contributed by atoms with E-state index in [0.717, 1.165) is 14.5 Å². The number of methoxy groups -OCH3 is 1. The molecule has 0 radical (unpaired) electrons. The van der Waals surface area contributed by atoms with Crippen LogP contribution in [-0.2, 0) is 16.0 Å². The highest BCUT2D eigenvalue weighted by Gasteiger charge is 2.14. The fourth-order valence-electron chi connectivity index (χ4n) is 1.22. The zero-order valence-electron chi connectivity index (χ0n) is 8.57. The van der Waals surface area contributed by atoms with Gasteiger partial charge in [-0.15, -0.1) is 12.4 Å². The number of hydrogen-bond acceptors (Lipinski definition) is 3. The molecule has 2 N–H and O–H groups in total. The van der Waals surface area contributed by atoms with Gasteiger partial charge in [0.2, 0.25) is 0 Å². The lowest BCUT2D eigenvalue weighted by Gasteiger charge is -2.09. The fraction of sp³-hybridized carbons (Fsp3) is 0.300. The molecule has 3 nitrogen and oxygen atoms in total. The normalized spacial score (nSPS) is 11.5. The van der Waals surface area contributed by atoms with Crippen LogP contribution in [0.2, 0.25) is 0 Å². The van der Waals surface area contributed by atoms with Crippen molar-refractivity contribution < 1.29 is 9.53 Å². The van der Waals surface area contributed by atoms with Crippen molar-refractivity contribution in [3.63, 3.8) is 0 Å². The van der Waals surface area contributed by atoms with Crippen LogP contribution in [0.3, 0.4) is 0 Å². The van der Waals surface area contributed by atoms with Gasteiger partial charge in [-0.3, -0.25) is 4.79 Å². The van der Waals surface area contributed by atoms with E-state index in [1.165, 1.54) is 7.11 Å². The second-order valence-corrected chi connectivity index (χ2v) is 4.94. The number of nitrogens with two attached hydrogens (primary N) is 1. The van der Waals surface area contributed by atoms with Crippen LogP contribution in [0.1, 0.15) is 5.56 Å². The maximum atomic E-state index is 11.1. The number of ether oxygens (including phenoxy) is 1. The van der Waals surface area contributed by atoms with Crippen LogP contribution in [-0.4, -0.2) is 19.1 Å². The first-order valence-corrected chi connectivity index (χ1v) is 5.90. The van der Waals surface area contributed by atoms with Gasteiger partial charge >= 0.3 is 5.97 Å². The highest BCUT2D eigenvalue weighted by atomic mass is 79.9. The zero-order chi connectivity index (χ0) is 11.4. The summed E-state index contributed by atoms with van der Waals surface area (Å²) in [6.45, 7) is 0. The van der Waals surface area contributed by atoms with Gasteiger partial charge in [0.1, 0.15) is 6.04 Å². The second-order valence-electron chi connectivity index (χ2n) is 3.11. The first kappa shape index (κ1) is 15.9. The van der Waals surface area contributed by atoms with Gasteiger partial charge in [-0.2, -0.15) is 0 Å². The molecule has 0 saturated carbocycles. The van der Waals surface area contributed by atoms with Gasteiger partial charge in [0, 0.05) is 8.95 Å². The number of hydrogen-bond donors (Lipinski definition) is 1. The maximum absolute atomic E-state index is 11.1. The average molecular weight is 373 g/mol.